The van der Waals surface area contributed by atoms with Crippen LogP contribution in [0.25, 0.3) is 0 Å². The zero-order valence-electron chi connectivity index (χ0n) is 15.0. The number of hydrogen-bond acceptors (Lipinski definition) is 6. The standard InChI is InChI=1S/C14H22F3N3O5S2/c1-13(2,3)26(21,22)20-10-6-4-9(5-7-10)11-8-12(19-18-11)25-27(23,24)14(15,16)17/h8-10,20H,4-7H2,1-3H3,(H,18,19)/t9-,10-. The number of aromatic amines is 1. The first-order chi connectivity index (χ1) is 12.1. The number of alkyl halides is 3. The number of hydrogen-bond donors (Lipinski definition) is 2. The summed E-state index contributed by atoms with van der Waals surface area (Å²) in [6.07, 6.45) is 2.20. The number of nitrogens with zero attached hydrogens (tertiary/aromatic N) is 1. The van der Waals surface area contributed by atoms with Crippen LogP contribution in [-0.4, -0.2) is 43.3 Å². The van der Waals surface area contributed by atoms with Crippen molar-refractivity contribution in [2.45, 2.75) is 68.7 Å². The maximum Gasteiger partial charge on any atom is 0.534 e. The summed E-state index contributed by atoms with van der Waals surface area (Å²) < 4.78 is 89.1. The van der Waals surface area contributed by atoms with Crippen LogP contribution in [0, 0.1) is 0 Å². The monoisotopic (exact) mass is 433 g/mol. The molecule has 2 N–H and O–H groups in total. The van der Waals surface area contributed by atoms with Crippen molar-refractivity contribution in [3.63, 3.8) is 0 Å². The van der Waals surface area contributed by atoms with Gasteiger partial charge >= 0.3 is 15.6 Å². The number of aromatic nitrogens is 2. The molecule has 0 radical (unpaired) electrons. The molecule has 13 heteroatoms. The molecule has 27 heavy (non-hydrogen) atoms. The van der Waals surface area contributed by atoms with Gasteiger partial charge in [-0.15, -0.1) is 5.10 Å². The first-order valence-corrected chi connectivity index (χ1v) is 11.1. The summed E-state index contributed by atoms with van der Waals surface area (Å²) in [7, 11) is -9.24. The van der Waals surface area contributed by atoms with Crippen LogP contribution < -0.4 is 8.91 Å². The van der Waals surface area contributed by atoms with Crippen molar-refractivity contribution in [2.24, 2.45) is 0 Å². The second-order valence-corrected chi connectivity index (χ2v) is 11.4. The van der Waals surface area contributed by atoms with Gasteiger partial charge in [0.2, 0.25) is 10.0 Å². The van der Waals surface area contributed by atoms with Gasteiger partial charge in [-0.3, -0.25) is 5.10 Å². The van der Waals surface area contributed by atoms with E-state index in [-0.39, 0.29) is 12.0 Å². The van der Waals surface area contributed by atoms with Crippen LogP contribution in [0.3, 0.4) is 0 Å². The molecule has 1 saturated carbocycles. The Labute approximate surface area is 156 Å². The van der Waals surface area contributed by atoms with Crippen molar-refractivity contribution < 1.29 is 34.2 Å². The quantitative estimate of drug-likeness (QED) is 0.544. The zero-order chi connectivity index (χ0) is 20.7. The van der Waals surface area contributed by atoms with Gasteiger partial charge in [-0.1, -0.05) is 0 Å². The maximum absolute atomic E-state index is 12.3. The van der Waals surface area contributed by atoms with Crippen LogP contribution in [0.5, 0.6) is 5.88 Å². The smallest absolute Gasteiger partial charge is 0.354 e. The Morgan fingerprint density at radius 2 is 1.67 bits per heavy atom. The summed E-state index contributed by atoms with van der Waals surface area (Å²) in [5.41, 5.74) is -5.09. The third-order valence-electron chi connectivity index (χ3n) is 4.35. The SMILES string of the molecule is CC(C)(C)S(=O)(=O)N[C@H]1CC[C@H](c2cc(OS(=O)(=O)C(F)(F)F)n[nH]2)CC1. The van der Waals surface area contributed by atoms with Gasteiger partial charge in [0.05, 0.1) is 4.75 Å². The number of H-pyrrole nitrogens is 1. The summed E-state index contributed by atoms with van der Waals surface area (Å²) in [6, 6.07) is 0.892. The molecule has 0 atom stereocenters. The highest BCUT2D eigenvalue weighted by Gasteiger charge is 2.49. The first kappa shape index (κ1) is 22.0. The Bertz CT molecular complexity index is 865. The average molecular weight is 433 g/mol. The summed E-state index contributed by atoms with van der Waals surface area (Å²) in [5.74, 6) is -0.795. The van der Waals surface area contributed by atoms with E-state index in [4.69, 9.17) is 0 Å². The van der Waals surface area contributed by atoms with E-state index in [0.29, 0.717) is 31.4 Å². The third kappa shape index (κ3) is 5.13. The van der Waals surface area contributed by atoms with E-state index >= 15 is 0 Å². The van der Waals surface area contributed by atoms with Crippen LogP contribution in [0.1, 0.15) is 58.1 Å². The maximum atomic E-state index is 12.3. The summed E-state index contributed by atoms with van der Waals surface area (Å²) in [6.45, 7) is 4.80. The molecule has 1 aliphatic carbocycles. The van der Waals surface area contributed by atoms with Crippen molar-refractivity contribution in [1.82, 2.24) is 14.9 Å². The van der Waals surface area contributed by atoms with Gasteiger partial charge in [0, 0.05) is 23.7 Å². The molecule has 1 heterocycles. The second kappa shape index (κ2) is 7.24. The Morgan fingerprint density at radius 3 is 2.15 bits per heavy atom. The minimum atomic E-state index is -5.77. The van der Waals surface area contributed by atoms with E-state index in [9.17, 15) is 30.0 Å². The van der Waals surface area contributed by atoms with Gasteiger partial charge in [0.1, 0.15) is 0 Å². The molecule has 1 aromatic rings. The molecule has 0 saturated heterocycles. The minimum absolute atomic E-state index is 0.112. The number of rotatable bonds is 5. The number of nitrogens with one attached hydrogen (secondary N) is 2. The molecule has 1 fully saturated rings. The summed E-state index contributed by atoms with van der Waals surface area (Å²) in [5, 5.41) is 5.95. The van der Waals surface area contributed by atoms with Crippen LogP contribution >= 0.6 is 0 Å². The van der Waals surface area contributed by atoms with E-state index in [2.05, 4.69) is 19.1 Å². The van der Waals surface area contributed by atoms with Crippen molar-refractivity contribution in [3.8, 4) is 5.88 Å². The fourth-order valence-corrected chi connectivity index (χ4v) is 4.08. The fourth-order valence-electron chi connectivity index (χ4n) is 2.65. The minimum Gasteiger partial charge on any atom is -0.354 e. The molecule has 156 valence electrons. The molecule has 1 aliphatic rings. The van der Waals surface area contributed by atoms with Gasteiger partial charge in [-0.05, 0) is 46.5 Å². The van der Waals surface area contributed by atoms with E-state index < -0.39 is 36.3 Å². The molecule has 8 nitrogen and oxygen atoms in total. The Hall–Kier alpha value is -1.34. The average Bonchev–Trinajstić information content (AvgIpc) is 2.93. The van der Waals surface area contributed by atoms with Gasteiger partial charge < -0.3 is 4.18 Å². The van der Waals surface area contributed by atoms with Gasteiger partial charge in [-0.2, -0.15) is 21.6 Å². The lowest BCUT2D eigenvalue weighted by molar-refractivity contribution is -0.0501. The molecule has 1 aromatic heterocycles. The highest BCUT2D eigenvalue weighted by Crippen LogP contribution is 2.34. The van der Waals surface area contributed by atoms with Crippen LogP contribution in [0.4, 0.5) is 13.2 Å². The summed E-state index contributed by atoms with van der Waals surface area (Å²) >= 11 is 0. The first-order valence-electron chi connectivity index (χ1n) is 8.20. The molecule has 2 rings (SSSR count). The summed E-state index contributed by atoms with van der Waals surface area (Å²) in [4.78, 5) is 0. The number of halogens is 3. The van der Waals surface area contributed by atoms with Crippen molar-refractivity contribution in [1.29, 1.82) is 0 Å². The van der Waals surface area contributed by atoms with E-state index in [1.54, 1.807) is 20.8 Å². The Kier molecular flexibility index (Phi) is 5.89. The van der Waals surface area contributed by atoms with E-state index in [0.717, 1.165) is 6.07 Å². The Balaban J connectivity index is 1.97. The van der Waals surface area contributed by atoms with Crippen LogP contribution in [0.2, 0.25) is 0 Å². The lowest BCUT2D eigenvalue weighted by atomic mass is 9.84. The molecule has 0 aliphatic heterocycles. The van der Waals surface area contributed by atoms with Gasteiger partial charge in [0.15, 0.2) is 0 Å². The molecular formula is C14H22F3N3O5S2. The second-order valence-electron chi connectivity index (χ2n) is 7.43. The molecule has 0 bridgehead atoms. The van der Waals surface area contributed by atoms with Gasteiger partial charge in [-0.25, -0.2) is 13.1 Å². The largest absolute Gasteiger partial charge is 0.534 e. The lowest BCUT2D eigenvalue weighted by Crippen LogP contribution is -2.45. The predicted octanol–water partition coefficient (Wildman–Crippen LogP) is 2.38. The lowest BCUT2D eigenvalue weighted by Gasteiger charge is -2.30. The van der Waals surface area contributed by atoms with Crippen molar-refractivity contribution in [3.05, 3.63) is 11.8 Å². The van der Waals surface area contributed by atoms with E-state index in [1.807, 2.05) is 0 Å². The molecule has 0 unspecified atom stereocenters. The van der Waals surface area contributed by atoms with Gasteiger partial charge in [0.25, 0.3) is 5.88 Å². The van der Waals surface area contributed by atoms with Crippen molar-refractivity contribution >= 4 is 20.1 Å². The molecular weight excluding hydrogens is 411 g/mol. The topological polar surface area (TPSA) is 118 Å². The zero-order valence-corrected chi connectivity index (χ0v) is 16.6. The fraction of sp³-hybridized carbons (Fsp3) is 0.786. The Morgan fingerprint density at radius 1 is 1.11 bits per heavy atom. The van der Waals surface area contributed by atoms with E-state index in [1.165, 1.54) is 0 Å². The number of sulfonamides is 1. The highest BCUT2D eigenvalue weighted by atomic mass is 32.2. The third-order valence-corrected chi connectivity index (χ3v) is 7.56. The highest BCUT2D eigenvalue weighted by molar-refractivity contribution is 7.90. The predicted molar refractivity (Wildman–Crippen MR) is 91.0 cm³/mol. The van der Waals surface area contributed by atoms with Crippen LogP contribution in [0.15, 0.2) is 6.07 Å². The molecule has 0 aromatic carbocycles. The van der Waals surface area contributed by atoms with Crippen LogP contribution in [-0.2, 0) is 20.1 Å². The molecule has 0 amide bonds. The molecule has 0 spiro atoms. The van der Waals surface area contributed by atoms with Crippen molar-refractivity contribution in [2.75, 3.05) is 0 Å². The normalized spacial score (nSPS) is 22.6.